The molecule has 1 aliphatic carbocycles. The van der Waals surface area contributed by atoms with E-state index < -0.39 is 0 Å². The molecule has 3 heteroatoms. The van der Waals surface area contributed by atoms with Crippen molar-refractivity contribution in [1.82, 2.24) is 0 Å². The van der Waals surface area contributed by atoms with Gasteiger partial charge in [-0.05, 0) is 31.0 Å². The zero-order chi connectivity index (χ0) is 11.4. The van der Waals surface area contributed by atoms with E-state index in [9.17, 15) is 0 Å². The highest BCUT2D eigenvalue weighted by molar-refractivity contribution is 6.30. The molecule has 0 unspecified atom stereocenters. The van der Waals surface area contributed by atoms with E-state index in [-0.39, 0.29) is 0 Å². The van der Waals surface area contributed by atoms with E-state index in [4.69, 9.17) is 16.3 Å². The lowest BCUT2D eigenvalue weighted by molar-refractivity contribution is 0.413. The van der Waals surface area contributed by atoms with Crippen LogP contribution in [0.1, 0.15) is 32.1 Å². The molecule has 88 valence electrons. The van der Waals surface area contributed by atoms with Crippen LogP contribution < -0.4 is 10.1 Å². The van der Waals surface area contributed by atoms with Crippen molar-refractivity contribution in [2.24, 2.45) is 0 Å². The monoisotopic (exact) mass is 239 g/mol. The van der Waals surface area contributed by atoms with Crippen molar-refractivity contribution < 1.29 is 4.74 Å². The van der Waals surface area contributed by atoms with Gasteiger partial charge >= 0.3 is 0 Å². The van der Waals surface area contributed by atoms with E-state index in [1.54, 1.807) is 7.11 Å². The molecule has 0 radical (unpaired) electrons. The van der Waals surface area contributed by atoms with Gasteiger partial charge < -0.3 is 10.1 Å². The minimum absolute atomic E-state index is 0.570. The fraction of sp³-hybridized carbons (Fsp3) is 0.538. The molecule has 2 rings (SSSR count). The van der Waals surface area contributed by atoms with Gasteiger partial charge in [-0.15, -0.1) is 0 Å². The zero-order valence-electron chi connectivity index (χ0n) is 9.63. The normalized spacial score (nSPS) is 17.1. The van der Waals surface area contributed by atoms with Crippen molar-refractivity contribution in [3.8, 4) is 5.75 Å². The molecule has 0 aromatic heterocycles. The van der Waals surface area contributed by atoms with E-state index in [0.717, 1.165) is 16.5 Å². The second-order valence-corrected chi connectivity index (χ2v) is 4.76. The quantitative estimate of drug-likeness (QED) is 0.858. The molecule has 1 aliphatic rings. The molecular weight excluding hydrogens is 222 g/mol. The van der Waals surface area contributed by atoms with Crippen LogP contribution in [0.4, 0.5) is 5.69 Å². The molecule has 1 fully saturated rings. The lowest BCUT2D eigenvalue weighted by Gasteiger charge is -2.24. The number of benzene rings is 1. The molecule has 0 bridgehead atoms. The molecule has 0 heterocycles. The Hall–Kier alpha value is -0.890. The topological polar surface area (TPSA) is 21.3 Å². The number of anilines is 1. The lowest BCUT2D eigenvalue weighted by Crippen LogP contribution is -2.22. The Morgan fingerprint density at radius 3 is 2.69 bits per heavy atom. The summed E-state index contributed by atoms with van der Waals surface area (Å²) < 4.78 is 5.32. The number of methoxy groups -OCH3 is 1. The van der Waals surface area contributed by atoms with Crippen LogP contribution in [0.15, 0.2) is 18.2 Å². The number of ether oxygens (including phenoxy) is 1. The van der Waals surface area contributed by atoms with Gasteiger partial charge in [0, 0.05) is 11.1 Å². The summed E-state index contributed by atoms with van der Waals surface area (Å²) in [4.78, 5) is 0. The highest BCUT2D eigenvalue weighted by atomic mass is 35.5. The van der Waals surface area contributed by atoms with E-state index in [1.807, 2.05) is 18.2 Å². The summed E-state index contributed by atoms with van der Waals surface area (Å²) in [5.74, 6) is 0.870. The maximum Gasteiger partial charge on any atom is 0.142 e. The number of nitrogens with one attached hydrogen (secondary N) is 1. The second kappa shape index (κ2) is 5.44. The standard InChI is InChI=1S/C13H18ClNO/c1-16-13-8-7-10(14)9-12(13)15-11-5-3-2-4-6-11/h7-9,11,15H,2-6H2,1H3. The number of hydrogen-bond donors (Lipinski definition) is 1. The summed E-state index contributed by atoms with van der Waals surface area (Å²) in [6, 6.07) is 6.27. The molecule has 16 heavy (non-hydrogen) atoms. The maximum atomic E-state index is 6.00. The molecular formula is C13H18ClNO. The van der Waals surface area contributed by atoms with Crippen LogP contribution in [0, 0.1) is 0 Å². The minimum Gasteiger partial charge on any atom is -0.495 e. The minimum atomic E-state index is 0.570. The van der Waals surface area contributed by atoms with Gasteiger partial charge in [-0.25, -0.2) is 0 Å². The largest absolute Gasteiger partial charge is 0.495 e. The first-order valence-corrected chi connectivity index (χ1v) is 6.27. The first kappa shape index (κ1) is 11.6. The average Bonchev–Trinajstić information content (AvgIpc) is 2.31. The highest BCUT2D eigenvalue weighted by Crippen LogP contribution is 2.30. The molecule has 1 aromatic carbocycles. The van der Waals surface area contributed by atoms with Crippen LogP contribution in [0.2, 0.25) is 5.02 Å². The molecule has 1 N–H and O–H groups in total. The first-order chi connectivity index (χ1) is 7.79. The van der Waals surface area contributed by atoms with Crippen LogP contribution >= 0.6 is 11.6 Å². The Labute approximate surface area is 102 Å². The van der Waals surface area contributed by atoms with Gasteiger partial charge in [0.25, 0.3) is 0 Å². The lowest BCUT2D eigenvalue weighted by atomic mass is 9.95. The Morgan fingerprint density at radius 2 is 2.00 bits per heavy atom. The molecule has 0 saturated heterocycles. The molecule has 1 saturated carbocycles. The number of rotatable bonds is 3. The third-order valence-corrected chi connectivity index (χ3v) is 3.36. The van der Waals surface area contributed by atoms with Gasteiger partial charge in [-0.1, -0.05) is 30.9 Å². The van der Waals surface area contributed by atoms with Gasteiger partial charge in [0.2, 0.25) is 0 Å². The first-order valence-electron chi connectivity index (χ1n) is 5.89. The van der Waals surface area contributed by atoms with Crippen molar-refractivity contribution in [3.63, 3.8) is 0 Å². The number of hydrogen-bond acceptors (Lipinski definition) is 2. The summed E-state index contributed by atoms with van der Waals surface area (Å²) in [6.07, 6.45) is 6.50. The summed E-state index contributed by atoms with van der Waals surface area (Å²) in [5, 5.41) is 4.28. The average molecular weight is 240 g/mol. The van der Waals surface area contributed by atoms with Crippen molar-refractivity contribution >= 4 is 17.3 Å². The van der Waals surface area contributed by atoms with Crippen molar-refractivity contribution in [2.45, 2.75) is 38.1 Å². The van der Waals surface area contributed by atoms with Gasteiger partial charge in [-0.2, -0.15) is 0 Å². The summed E-state index contributed by atoms with van der Waals surface area (Å²) >= 11 is 6.00. The van der Waals surface area contributed by atoms with E-state index >= 15 is 0 Å². The van der Waals surface area contributed by atoms with E-state index in [2.05, 4.69) is 5.32 Å². The second-order valence-electron chi connectivity index (χ2n) is 4.32. The Bertz CT molecular complexity index is 348. The fourth-order valence-electron chi connectivity index (χ4n) is 2.26. The van der Waals surface area contributed by atoms with Crippen LogP contribution in [-0.2, 0) is 0 Å². The Morgan fingerprint density at radius 1 is 1.25 bits per heavy atom. The van der Waals surface area contributed by atoms with Gasteiger partial charge in [-0.3, -0.25) is 0 Å². The van der Waals surface area contributed by atoms with E-state index in [1.165, 1.54) is 32.1 Å². The van der Waals surface area contributed by atoms with Crippen LogP contribution in [0.3, 0.4) is 0 Å². The molecule has 1 aromatic rings. The zero-order valence-corrected chi connectivity index (χ0v) is 10.4. The predicted octanol–water partition coefficient (Wildman–Crippen LogP) is 4.09. The van der Waals surface area contributed by atoms with E-state index in [0.29, 0.717) is 6.04 Å². The van der Waals surface area contributed by atoms with Crippen molar-refractivity contribution in [2.75, 3.05) is 12.4 Å². The Kier molecular flexibility index (Phi) is 3.94. The molecule has 0 spiro atoms. The molecule has 0 aliphatic heterocycles. The van der Waals surface area contributed by atoms with Crippen LogP contribution in [-0.4, -0.2) is 13.2 Å². The Balaban J connectivity index is 2.09. The molecule has 0 atom stereocenters. The highest BCUT2D eigenvalue weighted by Gasteiger charge is 2.14. The molecule has 2 nitrogen and oxygen atoms in total. The predicted molar refractivity (Wildman–Crippen MR) is 68.5 cm³/mol. The smallest absolute Gasteiger partial charge is 0.142 e. The van der Waals surface area contributed by atoms with Crippen LogP contribution in [0.5, 0.6) is 5.75 Å². The summed E-state index contributed by atoms with van der Waals surface area (Å²) in [5.41, 5.74) is 1.02. The van der Waals surface area contributed by atoms with Crippen molar-refractivity contribution in [3.05, 3.63) is 23.2 Å². The summed E-state index contributed by atoms with van der Waals surface area (Å²) in [6.45, 7) is 0. The number of halogens is 1. The summed E-state index contributed by atoms with van der Waals surface area (Å²) in [7, 11) is 1.69. The fourth-order valence-corrected chi connectivity index (χ4v) is 2.43. The van der Waals surface area contributed by atoms with Gasteiger partial charge in [0.05, 0.1) is 12.8 Å². The third-order valence-electron chi connectivity index (χ3n) is 3.13. The van der Waals surface area contributed by atoms with Crippen molar-refractivity contribution in [1.29, 1.82) is 0 Å². The third kappa shape index (κ3) is 2.82. The van der Waals surface area contributed by atoms with Gasteiger partial charge in [0.1, 0.15) is 5.75 Å². The molecule has 0 amide bonds. The van der Waals surface area contributed by atoms with Crippen LogP contribution in [0.25, 0.3) is 0 Å². The SMILES string of the molecule is COc1ccc(Cl)cc1NC1CCCCC1. The van der Waals surface area contributed by atoms with Gasteiger partial charge in [0.15, 0.2) is 0 Å². The maximum absolute atomic E-state index is 6.00.